The van der Waals surface area contributed by atoms with Gasteiger partial charge in [-0.05, 0) is 43.9 Å². The van der Waals surface area contributed by atoms with Gasteiger partial charge < -0.3 is 9.84 Å². The van der Waals surface area contributed by atoms with Crippen molar-refractivity contribution in [1.29, 1.82) is 0 Å². The van der Waals surface area contributed by atoms with Crippen LogP contribution in [0.15, 0.2) is 24.5 Å². The van der Waals surface area contributed by atoms with Gasteiger partial charge in [0.15, 0.2) is 0 Å². The lowest BCUT2D eigenvalue weighted by Gasteiger charge is -2.26. The molecule has 0 aromatic carbocycles. The van der Waals surface area contributed by atoms with E-state index >= 15 is 0 Å². The maximum absolute atomic E-state index is 12.0. The molecule has 0 spiro atoms. The number of aromatic nitrogens is 1. The van der Waals surface area contributed by atoms with E-state index in [0.29, 0.717) is 6.42 Å². The van der Waals surface area contributed by atoms with E-state index in [2.05, 4.69) is 11.9 Å². The van der Waals surface area contributed by atoms with Gasteiger partial charge in [0, 0.05) is 25.4 Å². The summed E-state index contributed by atoms with van der Waals surface area (Å²) in [6.07, 6.45) is 4.73. The molecule has 0 aliphatic rings. The van der Waals surface area contributed by atoms with Crippen LogP contribution in [0, 0.1) is 5.41 Å². The van der Waals surface area contributed by atoms with Gasteiger partial charge >= 0.3 is 5.97 Å². The van der Waals surface area contributed by atoms with Crippen molar-refractivity contribution in [2.24, 2.45) is 5.41 Å². The molecule has 1 unspecified atom stereocenters. The van der Waals surface area contributed by atoms with Gasteiger partial charge in [-0.2, -0.15) is 0 Å². The summed E-state index contributed by atoms with van der Waals surface area (Å²) in [5, 5.41) is 8.68. The zero-order chi connectivity index (χ0) is 14.3. The number of hydrogen-bond donors (Lipinski definition) is 1. The summed E-state index contributed by atoms with van der Waals surface area (Å²) in [4.78, 5) is 16.0. The van der Waals surface area contributed by atoms with Crippen LogP contribution in [0.25, 0.3) is 0 Å². The first-order valence-corrected chi connectivity index (χ1v) is 6.65. The maximum atomic E-state index is 12.0. The first kappa shape index (κ1) is 29.6. The summed E-state index contributed by atoms with van der Waals surface area (Å²) in [5.41, 5.74) is 0.643. The Balaban J connectivity index is -0.000000451. The maximum Gasteiger partial charge on any atom is 0.311 e. The number of nitrogens with zero attached hydrogens (tertiary/aromatic N) is 1. The van der Waals surface area contributed by atoms with Crippen LogP contribution in [0.1, 0.15) is 74.8 Å². The van der Waals surface area contributed by atoms with Crippen molar-refractivity contribution in [2.45, 2.75) is 69.2 Å². The topological polar surface area (TPSA) is 59.4 Å². The molecule has 0 radical (unpaired) electrons. The second-order valence-corrected chi connectivity index (χ2v) is 5.48. The molecule has 1 atom stereocenters. The van der Waals surface area contributed by atoms with Crippen LogP contribution in [0.3, 0.4) is 0 Å². The van der Waals surface area contributed by atoms with E-state index in [-0.39, 0.29) is 54.8 Å². The van der Waals surface area contributed by atoms with E-state index in [1.54, 1.807) is 12.4 Å². The van der Waals surface area contributed by atoms with Crippen molar-refractivity contribution in [3.63, 3.8) is 0 Å². The second kappa shape index (κ2) is 14.2. The smallest absolute Gasteiger partial charge is 0.311 e. The summed E-state index contributed by atoms with van der Waals surface area (Å²) in [6.45, 7) is 6.21. The Hall–Kier alpha value is -1.42. The molecule has 0 fully saturated rings. The Kier molecular flexibility index (Phi) is 18.2. The van der Waals surface area contributed by atoms with Gasteiger partial charge in [0.05, 0.1) is 12.0 Å². The van der Waals surface area contributed by atoms with E-state index in [1.807, 2.05) is 26.0 Å². The summed E-state index contributed by atoms with van der Waals surface area (Å²) in [7, 11) is 0. The fraction of sp³-hybridized carbons (Fsp3) is 0.684. The van der Waals surface area contributed by atoms with Crippen molar-refractivity contribution in [3.8, 4) is 0 Å². The molecule has 1 aromatic rings. The molecule has 0 aliphatic carbocycles. The molecule has 0 saturated carbocycles. The van der Waals surface area contributed by atoms with Crippen LogP contribution in [0.5, 0.6) is 0 Å². The highest BCUT2D eigenvalue weighted by Gasteiger charge is 2.31. The van der Waals surface area contributed by atoms with Gasteiger partial charge in [-0.25, -0.2) is 0 Å². The van der Waals surface area contributed by atoms with E-state index in [9.17, 15) is 4.79 Å². The molecule has 4 nitrogen and oxygen atoms in total. The van der Waals surface area contributed by atoms with Crippen LogP contribution in [0.2, 0.25) is 0 Å². The van der Waals surface area contributed by atoms with Gasteiger partial charge in [0.2, 0.25) is 0 Å². The van der Waals surface area contributed by atoms with Crippen molar-refractivity contribution >= 4 is 5.97 Å². The normalized spacial score (nSPS) is 10.8. The third-order valence-corrected chi connectivity index (χ3v) is 3.18. The molecule has 138 valence electrons. The summed E-state index contributed by atoms with van der Waals surface area (Å²) in [5.74, 6) is 0.0604. The summed E-state index contributed by atoms with van der Waals surface area (Å²) < 4.78 is 5.17. The molecule has 1 rings (SSSR count). The highest BCUT2D eigenvalue weighted by molar-refractivity contribution is 5.76. The number of aliphatic hydroxyl groups is 1. The fourth-order valence-electron chi connectivity index (χ4n) is 2.08. The molecular weight excluding hydrogens is 290 g/mol. The number of hydrogen-bond acceptors (Lipinski definition) is 4. The van der Waals surface area contributed by atoms with Crippen molar-refractivity contribution in [3.05, 3.63) is 30.1 Å². The van der Waals surface area contributed by atoms with E-state index in [1.165, 1.54) is 5.56 Å². The number of ether oxygens (including phenoxy) is 1. The van der Waals surface area contributed by atoms with E-state index in [0.717, 1.165) is 6.42 Å². The van der Waals surface area contributed by atoms with Crippen LogP contribution >= 0.6 is 0 Å². The van der Waals surface area contributed by atoms with Crippen molar-refractivity contribution < 1.29 is 14.6 Å². The lowest BCUT2D eigenvalue weighted by atomic mass is 9.81. The third kappa shape index (κ3) is 10.1. The molecule has 0 bridgehead atoms. The Morgan fingerprint density at radius 1 is 1.22 bits per heavy atom. The molecule has 0 amide bonds. The number of pyridine rings is 1. The van der Waals surface area contributed by atoms with Gasteiger partial charge in [-0.1, -0.05) is 36.6 Å². The zero-order valence-electron chi connectivity index (χ0n) is 11.9. The van der Waals surface area contributed by atoms with Crippen LogP contribution in [-0.4, -0.2) is 29.3 Å². The summed E-state index contributed by atoms with van der Waals surface area (Å²) >= 11 is 0. The lowest BCUT2D eigenvalue weighted by Crippen LogP contribution is -2.28. The molecule has 0 saturated heterocycles. The van der Waals surface area contributed by atoms with Crippen LogP contribution in [0.4, 0.5) is 0 Å². The minimum absolute atomic E-state index is 0. The highest BCUT2D eigenvalue weighted by Crippen LogP contribution is 2.32. The quantitative estimate of drug-likeness (QED) is 0.560. The van der Waals surface area contributed by atoms with Crippen molar-refractivity contribution in [2.75, 3.05) is 13.2 Å². The number of rotatable bonds is 7. The predicted octanol–water partition coefficient (Wildman–Crippen LogP) is 5.07. The number of carbonyl (C=O) groups is 1. The average Bonchev–Trinajstić information content (AvgIpc) is 2.39. The third-order valence-electron chi connectivity index (χ3n) is 3.18. The number of carbonyl (C=O) groups excluding carboxylic acids is 1. The van der Waals surface area contributed by atoms with Crippen LogP contribution < -0.4 is 0 Å². The van der Waals surface area contributed by atoms with Gasteiger partial charge in [0.25, 0.3) is 0 Å². The van der Waals surface area contributed by atoms with E-state index < -0.39 is 5.41 Å². The molecule has 1 heterocycles. The Morgan fingerprint density at radius 2 is 1.74 bits per heavy atom. The molecule has 1 N–H and O–H groups in total. The fourth-order valence-corrected chi connectivity index (χ4v) is 2.08. The Labute approximate surface area is 144 Å². The minimum atomic E-state index is -0.530. The molecular formula is C19H39NO3. The standard InChI is InChI=1S/C15H23NO3.4CH4/c1-12(13-5-7-16-8-6-13)11-15(2,3)14(18)19-10-4-9-17;;;;/h5-8,12,17H,4,9-11H2,1-3H3;4*1H4. The van der Waals surface area contributed by atoms with Crippen molar-refractivity contribution in [1.82, 2.24) is 4.98 Å². The molecule has 0 aliphatic heterocycles. The summed E-state index contributed by atoms with van der Waals surface area (Å²) in [6, 6.07) is 3.94. The Bertz CT molecular complexity index is 391. The lowest BCUT2D eigenvalue weighted by molar-refractivity contribution is -0.154. The minimum Gasteiger partial charge on any atom is -0.465 e. The highest BCUT2D eigenvalue weighted by atomic mass is 16.5. The second-order valence-electron chi connectivity index (χ2n) is 5.48. The molecule has 4 heteroatoms. The number of aliphatic hydroxyl groups excluding tert-OH is 1. The molecule has 1 aromatic heterocycles. The Morgan fingerprint density at radius 3 is 2.22 bits per heavy atom. The monoisotopic (exact) mass is 329 g/mol. The average molecular weight is 330 g/mol. The zero-order valence-corrected chi connectivity index (χ0v) is 11.9. The first-order valence-electron chi connectivity index (χ1n) is 6.65. The molecule has 23 heavy (non-hydrogen) atoms. The van der Waals surface area contributed by atoms with Crippen LogP contribution in [-0.2, 0) is 9.53 Å². The predicted molar refractivity (Wildman–Crippen MR) is 101 cm³/mol. The first-order chi connectivity index (χ1) is 8.97. The van der Waals surface area contributed by atoms with Gasteiger partial charge in [-0.3, -0.25) is 9.78 Å². The van der Waals surface area contributed by atoms with Gasteiger partial charge in [-0.15, -0.1) is 0 Å². The SMILES string of the molecule is C.C.C.C.CC(CC(C)(C)C(=O)OCCCO)c1ccncc1. The van der Waals surface area contributed by atoms with E-state index in [4.69, 9.17) is 9.84 Å². The number of esters is 1. The van der Waals surface area contributed by atoms with Gasteiger partial charge in [0.1, 0.15) is 0 Å². The largest absolute Gasteiger partial charge is 0.465 e.